The van der Waals surface area contributed by atoms with Gasteiger partial charge >= 0.3 is 6.18 Å². The molecular weight excluding hydrogens is 323 g/mol. The first kappa shape index (κ1) is 18.7. The first-order valence-electron chi connectivity index (χ1n) is 7.78. The Bertz CT molecular complexity index is 551. The highest BCUT2D eigenvalue weighted by molar-refractivity contribution is 5.93. The van der Waals surface area contributed by atoms with Crippen LogP contribution in [0.2, 0.25) is 0 Å². The molecule has 5 nitrogen and oxygen atoms in total. The molecule has 0 aromatic heterocycles. The van der Waals surface area contributed by atoms with Crippen molar-refractivity contribution in [1.29, 1.82) is 0 Å². The van der Waals surface area contributed by atoms with E-state index in [1.165, 1.54) is 4.90 Å². The van der Waals surface area contributed by atoms with Gasteiger partial charge in [-0.25, -0.2) is 5.48 Å². The maximum atomic E-state index is 12.7. The highest BCUT2D eigenvalue weighted by Crippen LogP contribution is 2.24. The molecule has 0 spiro atoms. The van der Waals surface area contributed by atoms with E-state index >= 15 is 0 Å². The maximum Gasteiger partial charge on any atom is 0.401 e. The Hall–Kier alpha value is -1.64. The number of hydrogen-bond acceptors (Lipinski definition) is 4. The number of benzene rings is 1. The van der Waals surface area contributed by atoms with Crippen molar-refractivity contribution in [1.82, 2.24) is 15.3 Å². The van der Waals surface area contributed by atoms with Crippen LogP contribution in [0.4, 0.5) is 13.2 Å². The van der Waals surface area contributed by atoms with E-state index in [0.29, 0.717) is 25.2 Å². The van der Waals surface area contributed by atoms with Crippen LogP contribution >= 0.6 is 0 Å². The fourth-order valence-corrected chi connectivity index (χ4v) is 3.20. The van der Waals surface area contributed by atoms with E-state index in [-0.39, 0.29) is 12.1 Å². The zero-order chi connectivity index (χ0) is 17.9. The predicted molar refractivity (Wildman–Crippen MR) is 82.7 cm³/mol. The highest BCUT2D eigenvalue weighted by Gasteiger charge is 2.38. The van der Waals surface area contributed by atoms with Crippen molar-refractivity contribution in [2.75, 3.05) is 19.6 Å². The van der Waals surface area contributed by atoms with E-state index in [0.717, 1.165) is 5.56 Å². The van der Waals surface area contributed by atoms with Crippen LogP contribution in [0.15, 0.2) is 24.3 Å². The third kappa shape index (κ3) is 4.93. The lowest BCUT2D eigenvalue weighted by atomic mass is 10.1. The highest BCUT2D eigenvalue weighted by atomic mass is 19.4. The van der Waals surface area contributed by atoms with Gasteiger partial charge in [0.2, 0.25) is 0 Å². The molecule has 0 unspecified atom stereocenters. The van der Waals surface area contributed by atoms with Crippen LogP contribution in [0.5, 0.6) is 0 Å². The second-order valence-corrected chi connectivity index (χ2v) is 6.32. The SMILES string of the molecule is C[C@@H]1CN(Cc2ccc(C(=O)NO)cc2)C[C@H](C)N1CC(F)(F)F. The number of amides is 1. The second-order valence-electron chi connectivity index (χ2n) is 6.32. The fourth-order valence-electron chi connectivity index (χ4n) is 3.20. The lowest BCUT2D eigenvalue weighted by Gasteiger charge is -2.44. The van der Waals surface area contributed by atoms with Gasteiger partial charge in [-0.3, -0.25) is 19.8 Å². The molecule has 134 valence electrons. The molecule has 1 saturated heterocycles. The number of nitrogens with zero attached hydrogens (tertiary/aromatic N) is 2. The summed E-state index contributed by atoms with van der Waals surface area (Å²) in [4.78, 5) is 14.9. The number of rotatable bonds is 4. The summed E-state index contributed by atoms with van der Waals surface area (Å²) in [6.07, 6.45) is -4.19. The standard InChI is InChI=1S/C16H22F3N3O2/c1-11-7-21(8-12(2)22(11)10-16(17,18)19)9-13-3-5-14(6-4-13)15(23)20-24/h3-6,11-12,24H,7-10H2,1-2H3,(H,20,23)/t11-,12+. The molecule has 0 aliphatic carbocycles. The van der Waals surface area contributed by atoms with E-state index < -0.39 is 18.6 Å². The number of halogens is 3. The largest absolute Gasteiger partial charge is 0.401 e. The van der Waals surface area contributed by atoms with E-state index in [1.807, 2.05) is 13.8 Å². The maximum absolute atomic E-state index is 12.7. The lowest BCUT2D eigenvalue weighted by Crippen LogP contribution is -2.58. The molecule has 1 heterocycles. The molecular formula is C16H22F3N3O2. The van der Waals surface area contributed by atoms with Crippen molar-refractivity contribution in [2.24, 2.45) is 0 Å². The Balaban J connectivity index is 1.96. The molecule has 1 amide bonds. The first-order chi connectivity index (χ1) is 11.2. The molecule has 0 radical (unpaired) electrons. The van der Waals surface area contributed by atoms with Gasteiger partial charge in [-0.05, 0) is 31.5 Å². The van der Waals surface area contributed by atoms with Gasteiger partial charge in [-0.15, -0.1) is 0 Å². The van der Waals surface area contributed by atoms with E-state index in [1.54, 1.807) is 29.7 Å². The number of nitrogens with one attached hydrogen (secondary N) is 1. The third-order valence-electron chi connectivity index (χ3n) is 4.26. The molecule has 24 heavy (non-hydrogen) atoms. The van der Waals surface area contributed by atoms with Crippen molar-refractivity contribution < 1.29 is 23.2 Å². The van der Waals surface area contributed by atoms with Crippen LogP contribution in [-0.2, 0) is 6.54 Å². The first-order valence-corrected chi connectivity index (χ1v) is 7.78. The zero-order valence-electron chi connectivity index (χ0n) is 13.7. The number of carbonyl (C=O) groups is 1. The van der Waals surface area contributed by atoms with Gasteiger partial charge in [-0.1, -0.05) is 12.1 Å². The number of carbonyl (C=O) groups excluding carboxylic acids is 1. The molecule has 1 fully saturated rings. The molecule has 8 heteroatoms. The van der Waals surface area contributed by atoms with Crippen molar-refractivity contribution in [3.63, 3.8) is 0 Å². The van der Waals surface area contributed by atoms with E-state index in [2.05, 4.69) is 4.90 Å². The van der Waals surface area contributed by atoms with Crippen LogP contribution in [0, 0.1) is 0 Å². The minimum absolute atomic E-state index is 0.185. The molecule has 2 N–H and O–H groups in total. The topological polar surface area (TPSA) is 55.8 Å². The van der Waals surface area contributed by atoms with Crippen LogP contribution in [0.3, 0.4) is 0 Å². The van der Waals surface area contributed by atoms with E-state index in [4.69, 9.17) is 5.21 Å². The average molecular weight is 345 g/mol. The Morgan fingerprint density at radius 3 is 2.21 bits per heavy atom. The Labute approximate surface area is 139 Å². The van der Waals surface area contributed by atoms with Gasteiger partial charge in [0.15, 0.2) is 0 Å². The summed E-state index contributed by atoms with van der Waals surface area (Å²) in [5.74, 6) is -0.579. The molecule has 0 saturated carbocycles. The lowest BCUT2D eigenvalue weighted by molar-refractivity contribution is -0.162. The number of hydrogen-bond donors (Lipinski definition) is 2. The quantitative estimate of drug-likeness (QED) is 0.649. The molecule has 1 aromatic carbocycles. The van der Waals surface area contributed by atoms with Gasteiger partial charge in [0.25, 0.3) is 5.91 Å². The smallest absolute Gasteiger partial charge is 0.296 e. The van der Waals surface area contributed by atoms with Gasteiger partial charge in [-0.2, -0.15) is 13.2 Å². The van der Waals surface area contributed by atoms with Gasteiger partial charge in [0.05, 0.1) is 6.54 Å². The molecule has 1 aliphatic rings. The van der Waals surface area contributed by atoms with Crippen molar-refractivity contribution in [3.05, 3.63) is 35.4 Å². The third-order valence-corrected chi connectivity index (χ3v) is 4.26. The van der Waals surface area contributed by atoms with Gasteiger partial charge in [0.1, 0.15) is 0 Å². The summed E-state index contributed by atoms with van der Waals surface area (Å²) in [5, 5.41) is 8.59. The summed E-state index contributed by atoms with van der Waals surface area (Å²) in [5.41, 5.74) is 2.88. The van der Waals surface area contributed by atoms with Crippen LogP contribution in [0.1, 0.15) is 29.8 Å². The summed E-state index contributed by atoms with van der Waals surface area (Å²) >= 11 is 0. The van der Waals surface area contributed by atoms with Crippen molar-refractivity contribution in [2.45, 2.75) is 38.7 Å². The average Bonchev–Trinajstić information content (AvgIpc) is 2.50. The summed E-state index contributed by atoms with van der Waals surface area (Å²) in [6.45, 7) is 4.45. The number of piperazine rings is 1. The normalized spacial score (nSPS) is 23.2. The van der Waals surface area contributed by atoms with Crippen LogP contribution in [-0.4, -0.2) is 58.8 Å². The Kier molecular flexibility index (Phi) is 5.84. The minimum Gasteiger partial charge on any atom is -0.296 e. The van der Waals surface area contributed by atoms with Crippen molar-refractivity contribution >= 4 is 5.91 Å². The molecule has 1 aromatic rings. The van der Waals surface area contributed by atoms with E-state index in [9.17, 15) is 18.0 Å². The Morgan fingerprint density at radius 2 is 1.75 bits per heavy atom. The van der Waals surface area contributed by atoms with Crippen LogP contribution < -0.4 is 5.48 Å². The summed E-state index contributed by atoms with van der Waals surface area (Å²) in [7, 11) is 0. The fraction of sp³-hybridized carbons (Fsp3) is 0.562. The second kappa shape index (κ2) is 7.50. The zero-order valence-corrected chi connectivity index (χ0v) is 13.7. The Morgan fingerprint density at radius 1 is 1.21 bits per heavy atom. The van der Waals surface area contributed by atoms with Crippen molar-refractivity contribution in [3.8, 4) is 0 Å². The minimum atomic E-state index is -4.19. The van der Waals surface area contributed by atoms with Gasteiger partial charge in [0, 0.05) is 37.3 Å². The predicted octanol–water partition coefficient (Wildman–Crippen LogP) is 2.26. The summed E-state index contributed by atoms with van der Waals surface area (Å²) in [6, 6.07) is 6.40. The van der Waals surface area contributed by atoms with Gasteiger partial charge < -0.3 is 0 Å². The molecule has 1 aliphatic heterocycles. The van der Waals surface area contributed by atoms with Crippen LogP contribution in [0.25, 0.3) is 0 Å². The monoisotopic (exact) mass is 345 g/mol. The molecule has 2 rings (SSSR count). The summed E-state index contributed by atoms with van der Waals surface area (Å²) < 4.78 is 38.0. The molecule has 2 atom stereocenters. The number of hydroxylamine groups is 1. The number of alkyl halides is 3. The molecule has 0 bridgehead atoms.